The molecule has 29 heavy (non-hydrogen) atoms. The van der Waals surface area contributed by atoms with Crippen LogP contribution >= 0.6 is 0 Å². The number of pyridine rings is 1. The van der Waals surface area contributed by atoms with Gasteiger partial charge in [0.25, 0.3) is 5.91 Å². The number of carbonyl (C=O) groups excluding carboxylic acids is 1. The van der Waals surface area contributed by atoms with Crippen LogP contribution in [-0.4, -0.2) is 39.3 Å². The van der Waals surface area contributed by atoms with Gasteiger partial charge in [-0.25, -0.2) is 9.78 Å². The number of amides is 1. The second-order valence-corrected chi connectivity index (χ2v) is 6.88. The number of carboxylic acid groups (broad SMARTS) is 1. The first kappa shape index (κ1) is 23.8. The van der Waals surface area contributed by atoms with Crippen molar-refractivity contribution >= 4 is 29.5 Å². The van der Waals surface area contributed by atoms with Crippen LogP contribution < -0.4 is 5.32 Å². The Kier molecular flexibility index (Phi) is 10.1. The van der Waals surface area contributed by atoms with E-state index in [1.165, 1.54) is 12.3 Å². The monoisotopic (exact) mass is 399 g/mol. The molecule has 7 nitrogen and oxygen atoms in total. The molecule has 156 valence electrons. The van der Waals surface area contributed by atoms with E-state index in [1.54, 1.807) is 18.2 Å². The molecular weight excluding hydrogens is 370 g/mol. The molecule has 3 N–H and O–H groups in total. The van der Waals surface area contributed by atoms with Crippen LogP contribution in [0.2, 0.25) is 0 Å². The summed E-state index contributed by atoms with van der Waals surface area (Å²) in [6.45, 7) is 8.87. The fourth-order valence-electron chi connectivity index (χ4n) is 2.38. The Morgan fingerprint density at radius 3 is 2.55 bits per heavy atom. The molecule has 0 aliphatic rings. The van der Waals surface area contributed by atoms with Crippen LogP contribution in [0.1, 0.15) is 46.1 Å². The molecule has 0 atom stereocenters. The number of anilines is 1. The average Bonchev–Trinajstić information content (AvgIpc) is 2.68. The number of aliphatic hydroxyl groups is 1. The predicted molar refractivity (Wildman–Crippen MR) is 116 cm³/mol. The minimum atomic E-state index is -1.05. The molecule has 0 saturated carbocycles. The molecule has 0 radical (unpaired) electrons. The maximum absolute atomic E-state index is 12.4. The summed E-state index contributed by atoms with van der Waals surface area (Å²) in [7, 11) is 0. The van der Waals surface area contributed by atoms with E-state index in [-0.39, 0.29) is 11.4 Å². The van der Waals surface area contributed by atoms with Crippen molar-refractivity contribution in [3.05, 3.63) is 53.5 Å². The summed E-state index contributed by atoms with van der Waals surface area (Å²) in [6, 6.07) is 3.18. The first-order valence-corrected chi connectivity index (χ1v) is 9.51. The van der Waals surface area contributed by atoms with Crippen LogP contribution in [0.25, 0.3) is 6.08 Å². The van der Waals surface area contributed by atoms with E-state index in [4.69, 9.17) is 5.11 Å². The van der Waals surface area contributed by atoms with Crippen LogP contribution in [0.5, 0.6) is 0 Å². The highest BCUT2D eigenvalue weighted by molar-refractivity contribution is 6.07. The molecule has 0 aliphatic heterocycles. The molecule has 7 heteroatoms. The van der Waals surface area contributed by atoms with Crippen molar-refractivity contribution in [2.24, 2.45) is 10.9 Å². The van der Waals surface area contributed by atoms with Crippen molar-refractivity contribution in [2.45, 2.75) is 40.5 Å². The molecule has 0 saturated heterocycles. The minimum absolute atomic E-state index is 0.0872. The average molecular weight is 399 g/mol. The number of nitrogens with zero attached hydrogens (tertiary/aromatic N) is 2. The number of aliphatic imine (C=N–C) groups is 1. The van der Waals surface area contributed by atoms with E-state index in [9.17, 15) is 14.7 Å². The van der Waals surface area contributed by atoms with Crippen molar-refractivity contribution in [1.82, 2.24) is 4.98 Å². The van der Waals surface area contributed by atoms with Crippen LogP contribution in [-0.2, 0) is 9.59 Å². The Hall–Kier alpha value is -3.22. The zero-order chi connectivity index (χ0) is 21.8. The maximum atomic E-state index is 12.4. The summed E-state index contributed by atoms with van der Waals surface area (Å²) in [5.74, 6) is -0.709. The molecule has 0 fully saturated rings. The molecule has 1 heterocycles. The fourth-order valence-corrected chi connectivity index (χ4v) is 2.38. The molecule has 0 aromatic carbocycles. The summed E-state index contributed by atoms with van der Waals surface area (Å²) >= 11 is 0. The molecule has 1 amide bonds. The van der Waals surface area contributed by atoms with Gasteiger partial charge in [-0.15, -0.1) is 0 Å². The topological polar surface area (TPSA) is 112 Å². The summed E-state index contributed by atoms with van der Waals surface area (Å²) in [4.78, 5) is 31.6. The van der Waals surface area contributed by atoms with E-state index in [2.05, 4.69) is 29.1 Å². The highest BCUT2D eigenvalue weighted by atomic mass is 16.4. The number of hydrogen-bond donors (Lipinski definition) is 3. The zero-order valence-electron chi connectivity index (χ0n) is 17.3. The van der Waals surface area contributed by atoms with Crippen molar-refractivity contribution in [3.8, 4) is 0 Å². The van der Waals surface area contributed by atoms with Gasteiger partial charge < -0.3 is 15.5 Å². The van der Waals surface area contributed by atoms with Gasteiger partial charge in [-0.05, 0) is 61.1 Å². The number of carbonyl (C=O) groups is 2. The second-order valence-electron chi connectivity index (χ2n) is 6.88. The third-order valence-corrected chi connectivity index (χ3v) is 4.02. The lowest BCUT2D eigenvalue weighted by Gasteiger charge is -2.08. The number of nitrogens with one attached hydrogen (secondary N) is 1. The van der Waals surface area contributed by atoms with E-state index >= 15 is 0 Å². The summed E-state index contributed by atoms with van der Waals surface area (Å²) in [5.41, 5.74) is 2.38. The number of hydrogen-bond acceptors (Lipinski definition) is 5. The van der Waals surface area contributed by atoms with Gasteiger partial charge >= 0.3 is 5.97 Å². The summed E-state index contributed by atoms with van der Waals surface area (Å²) in [6.07, 6.45) is 7.91. The van der Waals surface area contributed by atoms with Crippen LogP contribution in [0.3, 0.4) is 0 Å². The van der Waals surface area contributed by atoms with Gasteiger partial charge in [-0.1, -0.05) is 20.8 Å². The van der Waals surface area contributed by atoms with E-state index < -0.39 is 11.9 Å². The first-order valence-electron chi connectivity index (χ1n) is 9.51. The summed E-state index contributed by atoms with van der Waals surface area (Å²) in [5, 5.41) is 20.7. The number of aromatic nitrogens is 1. The number of aliphatic hydroxyl groups excluding tert-OH is 1. The van der Waals surface area contributed by atoms with Gasteiger partial charge in [-0.3, -0.25) is 9.79 Å². The van der Waals surface area contributed by atoms with E-state index in [1.807, 2.05) is 13.8 Å². The van der Waals surface area contributed by atoms with Crippen LogP contribution in [0.4, 0.5) is 5.82 Å². The Labute approximate surface area is 171 Å². The normalized spacial score (nSPS) is 13.2. The molecular formula is C22H29N3O4. The standard InChI is InChI=1S/C22H29N3O4/c1-5-19(23-11-10-15(2)3)16(4)12-18(14-26)22(29)25-20-8-6-17(13-24-20)7-9-21(27)28/h6-9,12-15,26H,5,10-11H2,1-4H3,(H,27,28)(H,24,25,29)/b9-7+,16-12?,18-14?,23-19?. The number of aliphatic carboxylic acids is 1. The second kappa shape index (κ2) is 12.3. The molecule has 0 bridgehead atoms. The van der Waals surface area contributed by atoms with Gasteiger partial charge in [0.05, 0.1) is 11.8 Å². The zero-order valence-corrected chi connectivity index (χ0v) is 17.3. The number of allylic oxidation sites excluding steroid dienone is 1. The maximum Gasteiger partial charge on any atom is 0.328 e. The lowest BCUT2D eigenvalue weighted by atomic mass is 10.1. The fraction of sp³-hybridized carbons (Fsp3) is 0.364. The lowest BCUT2D eigenvalue weighted by molar-refractivity contribution is -0.131. The quantitative estimate of drug-likeness (QED) is 0.234. The van der Waals surface area contributed by atoms with Gasteiger partial charge in [0.1, 0.15) is 5.82 Å². The van der Waals surface area contributed by atoms with Gasteiger partial charge in [0.15, 0.2) is 0 Å². The Morgan fingerprint density at radius 1 is 1.31 bits per heavy atom. The Morgan fingerprint density at radius 2 is 2.03 bits per heavy atom. The molecule has 1 rings (SSSR count). The van der Waals surface area contributed by atoms with E-state index in [0.717, 1.165) is 43.0 Å². The Balaban J connectivity index is 2.85. The summed E-state index contributed by atoms with van der Waals surface area (Å²) < 4.78 is 0. The smallest absolute Gasteiger partial charge is 0.328 e. The number of carboxylic acids is 1. The molecule has 0 unspecified atom stereocenters. The molecule has 0 spiro atoms. The van der Waals surface area contributed by atoms with Gasteiger partial charge in [0.2, 0.25) is 0 Å². The van der Waals surface area contributed by atoms with Gasteiger partial charge in [-0.2, -0.15) is 0 Å². The highest BCUT2D eigenvalue weighted by Gasteiger charge is 2.11. The van der Waals surface area contributed by atoms with E-state index in [0.29, 0.717) is 11.5 Å². The SMILES string of the molecule is CCC(=NCCC(C)C)C(C)=CC(=CO)C(=O)Nc1ccc(/C=C/C(=O)O)cn1. The lowest BCUT2D eigenvalue weighted by Crippen LogP contribution is -2.15. The molecule has 0 aliphatic carbocycles. The van der Waals surface area contributed by atoms with Crippen molar-refractivity contribution in [1.29, 1.82) is 0 Å². The highest BCUT2D eigenvalue weighted by Crippen LogP contribution is 2.12. The third-order valence-electron chi connectivity index (χ3n) is 4.02. The largest absolute Gasteiger partial charge is 0.515 e. The molecule has 1 aromatic rings. The Bertz CT molecular complexity index is 819. The predicted octanol–water partition coefficient (Wildman–Crippen LogP) is 4.40. The minimum Gasteiger partial charge on any atom is -0.515 e. The first-order chi connectivity index (χ1) is 13.8. The third kappa shape index (κ3) is 9.01. The van der Waals surface area contributed by atoms with Crippen molar-refractivity contribution in [3.63, 3.8) is 0 Å². The molecule has 1 aromatic heterocycles. The van der Waals surface area contributed by atoms with Crippen molar-refractivity contribution < 1.29 is 19.8 Å². The number of rotatable bonds is 10. The van der Waals surface area contributed by atoms with Crippen LogP contribution in [0, 0.1) is 5.92 Å². The van der Waals surface area contributed by atoms with Gasteiger partial charge in [0, 0.05) is 24.5 Å². The van der Waals surface area contributed by atoms with Crippen molar-refractivity contribution in [2.75, 3.05) is 11.9 Å². The van der Waals surface area contributed by atoms with Crippen LogP contribution in [0.15, 0.2) is 52.9 Å².